The second kappa shape index (κ2) is 7.50. The van der Waals surface area contributed by atoms with Crippen LogP contribution in [0.5, 0.6) is 0 Å². The van der Waals surface area contributed by atoms with E-state index in [9.17, 15) is 16.8 Å². The van der Waals surface area contributed by atoms with Gasteiger partial charge in [-0.25, -0.2) is 21.6 Å². The molecule has 0 heterocycles. The quantitative estimate of drug-likeness (QED) is 0.815. The zero-order chi connectivity index (χ0) is 19.6. The Kier molecular flexibility index (Phi) is 5.95. The summed E-state index contributed by atoms with van der Waals surface area (Å²) >= 11 is 0. The molecule has 142 valence electrons. The third-order valence-electron chi connectivity index (χ3n) is 4.09. The fourth-order valence-electron chi connectivity index (χ4n) is 2.45. The molecule has 0 amide bonds. The normalized spacial score (nSPS) is 12.9. The second-order valence-electron chi connectivity index (χ2n) is 7.34. The Labute approximate surface area is 156 Å². The average Bonchev–Trinajstić information content (AvgIpc) is 2.54. The minimum atomic E-state index is -3.67. The fourth-order valence-corrected chi connectivity index (χ4v) is 4.11. The van der Waals surface area contributed by atoms with Crippen LogP contribution in [0.2, 0.25) is 0 Å². The third-order valence-corrected chi connectivity index (χ3v) is 6.69. The van der Waals surface area contributed by atoms with Gasteiger partial charge in [0.2, 0.25) is 10.0 Å². The Bertz CT molecular complexity index is 954. The van der Waals surface area contributed by atoms with E-state index in [0.717, 1.165) is 11.8 Å². The van der Waals surface area contributed by atoms with E-state index in [1.807, 2.05) is 12.1 Å². The van der Waals surface area contributed by atoms with Crippen molar-refractivity contribution < 1.29 is 16.8 Å². The van der Waals surface area contributed by atoms with Crippen molar-refractivity contribution in [2.75, 3.05) is 12.8 Å². The highest BCUT2D eigenvalue weighted by Gasteiger charge is 2.16. The fraction of sp³-hybridized carbons (Fsp3) is 0.368. The van der Waals surface area contributed by atoms with Gasteiger partial charge < -0.3 is 0 Å². The molecule has 0 saturated carbocycles. The highest BCUT2D eigenvalue weighted by Crippen LogP contribution is 2.22. The first-order chi connectivity index (χ1) is 11.9. The first-order valence-corrected chi connectivity index (χ1v) is 11.7. The largest absolute Gasteiger partial charge is 0.240 e. The maximum absolute atomic E-state index is 12.3. The topological polar surface area (TPSA) is 80.3 Å². The molecule has 0 atom stereocenters. The van der Waals surface area contributed by atoms with Crippen LogP contribution in [0.4, 0.5) is 0 Å². The van der Waals surface area contributed by atoms with Gasteiger partial charge in [0, 0.05) is 12.8 Å². The molecule has 0 saturated heterocycles. The molecular weight excluding hydrogens is 370 g/mol. The van der Waals surface area contributed by atoms with Gasteiger partial charge in [0.05, 0.1) is 9.79 Å². The van der Waals surface area contributed by atoms with Crippen LogP contribution in [-0.2, 0) is 31.7 Å². The molecule has 2 aromatic rings. The van der Waals surface area contributed by atoms with Crippen molar-refractivity contribution in [3.8, 4) is 0 Å². The molecule has 0 spiro atoms. The maximum Gasteiger partial charge on any atom is 0.240 e. The van der Waals surface area contributed by atoms with Gasteiger partial charge in [-0.15, -0.1) is 0 Å². The van der Waals surface area contributed by atoms with E-state index >= 15 is 0 Å². The lowest BCUT2D eigenvalue weighted by Gasteiger charge is -2.19. The lowest BCUT2D eigenvalue weighted by molar-refractivity contribution is 0.581. The van der Waals surface area contributed by atoms with Gasteiger partial charge in [-0.2, -0.15) is 0 Å². The Morgan fingerprint density at radius 1 is 0.808 bits per heavy atom. The Morgan fingerprint density at radius 2 is 1.31 bits per heavy atom. The smallest absolute Gasteiger partial charge is 0.224 e. The van der Waals surface area contributed by atoms with Crippen LogP contribution in [-0.4, -0.2) is 29.6 Å². The SMILES string of the molecule is CC(C)(C)c1ccc(CCNS(=O)(=O)c2ccc(S(C)(=O)=O)cc2)cc1. The lowest BCUT2D eigenvalue weighted by atomic mass is 9.86. The van der Waals surface area contributed by atoms with E-state index in [1.165, 1.54) is 29.8 Å². The average molecular weight is 396 g/mol. The molecule has 0 aliphatic carbocycles. The van der Waals surface area contributed by atoms with Crippen LogP contribution in [0.3, 0.4) is 0 Å². The van der Waals surface area contributed by atoms with Crippen LogP contribution >= 0.6 is 0 Å². The van der Waals surface area contributed by atoms with Crippen LogP contribution in [0.1, 0.15) is 31.9 Å². The molecule has 2 rings (SSSR count). The first-order valence-electron chi connectivity index (χ1n) is 8.29. The number of hydrogen-bond donors (Lipinski definition) is 1. The highest BCUT2D eigenvalue weighted by atomic mass is 32.2. The van der Waals surface area contributed by atoms with Crippen molar-refractivity contribution >= 4 is 19.9 Å². The second-order valence-corrected chi connectivity index (χ2v) is 11.1. The number of sulfonamides is 1. The molecule has 0 aliphatic rings. The summed E-state index contributed by atoms with van der Waals surface area (Å²) in [6.45, 7) is 6.70. The van der Waals surface area contributed by atoms with E-state index in [-0.39, 0.29) is 21.8 Å². The molecule has 7 heteroatoms. The lowest BCUT2D eigenvalue weighted by Crippen LogP contribution is -2.26. The number of hydrogen-bond acceptors (Lipinski definition) is 4. The van der Waals surface area contributed by atoms with Crippen molar-refractivity contribution in [3.05, 3.63) is 59.7 Å². The summed E-state index contributed by atoms with van der Waals surface area (Å²) in [7, 11) is -7.02. The zero-order valence-corrected chi connectivity index (χ0v) is 17.1. The molecule has 0 bridgehead atoms. The van der Waals surface area contributed by atoms with Crippen LogP contribution in [0, 0.1) is 0 Å². The zero-order valence-electron chi connectivity index (χ0n) is 15.5. The van der Waals surface area contributed by atoms with E-state index in [0.29, 0.717) is 6.42 Å². The van der Waals surface area contributed by atoms with Crippen molar-refractivity contribution in [2.45, 2.75) is 42.4 Å². The molecule has 0 aliphatic heterocycles. The van der Waals surface area contributed by atoms with Gasteiger partial charge in [-0.05, 0) is 47.2 Å². The van der Waals surface area contributed by atoms with Gasteiger partial charge in [0.25, 0.3) is 0 Å². The van der Waals surface area contributed by atoms with Crippen molar-refractivity contribution in [2.24, 2.45) is 0 Å². The van der Waals surface area contributed by atoms with Gasteiger partial charge >= 0.3 is 0 Å². The summed E-state index contributed by atoms with van der Waals surface area (Å²) in [5.41, 5.74) is 2.36. The monoisotopic (exact) mass is 395 g/mol. The first kappa shape index (κ1) is 20.6. The standard InChI is InChI=1S/C19H25NO4S2/c1-19(2,3)16-7-5-15(6-8-16)13-14-20-26(23,24)18-11-9-17(10-12-18)25(4,21)22/h5-12,20H,13-14H2,1-4H3. The molecule has 0 fully saturated rings. The number of sulfone groups is 1. The summed E-state index contributed by atoms with van der Waals surface area (Å²) in [6.07, 6.45) is 1.66. The van der Waals surface area contributed by atoms with Gasteiger partial charge in [-0.3, -0.25) is 0 Å². The van der Waals surface area contributed by atoms with E-state index in [2.05, 4.69) is 37.6 Å². The Balaban J connectivity index is 2.00. The van der Waals surface area contributed by atoms with Crippen LogP contribution < -0.4 is 4.72 Å². The Morgan fingerprint density at radius 3 is 1.77 bits per heavy atom. The third kappa shape index (κ3) is 5.40. The molecule has 0 aromatic heterocycles. The van der Waals surface area contributed by atoms with Gasteiger partial charge in [0.1, 0.15) is 0 Å². The molecular formula is C19H25NO4S2. The van der Waals surface area contributed by atoms with E-state index in [4.69, 9.17) is 0 Å². The predicted molar refractivity (Wildman–Crippen MR) is 104 cm³/mol. The van der Waals surface area contributed by atoms with Gasteiger partial charge in [0.15, 0.2) is 9.84 Å². The highest BCUT2D eigenvalue weighted by molar-refractivity contribution is 7.90. The van der Waals surface area contributed by atoms with Crippen LogP contribution in [0.15, 0.2) is 58.3 Å². The summed E-state index contributed by atoms with van der Waals surface area (Å²) < 4.78 is 50.1. The number of nitrogens with one attached hydrogen (secondary N) is 1. The molecule has 5 nitrogen and oxygen atoms in total. The maximum atomic E-state index is 12.3. The minimum absolute atomic E-state index is 0.0491. The van der Waals surface area contributed by atoms with E-state index in [1.54, 1.807) is 0 Å². The number of benzene rings is 2. The molecule has 2 aromatic carbocycles. The van der Waals surface area contributed by atoms with E-state index < -0.39 is 19.9 Å². The van der Waals surface area contributed by atoms with Crippen molar-refractivity contribution in [3.63, 3.8) is 0 Å². The minimum Gasteiger partial charge on any atom is -0.224 e. The van der Waals surface area contributed by atoms with Crippen LogP contribution in [0.25, 0.3) is 0 Å². The van der Waals surface area contributed by atoms with Crippen molar-refractivity contribution in [1.29, 1.82) is 0 Å². The van der Waals surface area contributed by atoms with Gasteiger partial charge in [-0.1, -0.05) is 45.0 Å². The summed E-state index contributed by atoms with van der Waals surface area (Å²) in [5.74, 6) is 0. The predicted octanol–water partition coefficient (Wildman–Crippen LogP) is 2.91. The summed E-state index contributed by atoms with van der Waals surface area (Å²) in [5, 5.41) is 0. The molecule has 0 unspecified atom stereocenters. The van der Waals surface area contributed by atoms with Crippen molar-refractivity contribution in [1.82, 2.24) is 4.72 Å². The summed E-state index contributed by atoms with van der Waals surface area (Å²) in [6, 6.07) is 13.4. The Hall–Kier alpha value is -1.70. The molecule has 0 radical (unpaired) electrons. The number of rotatable bonds is 6. The molecule has 26 heavy (non-hydrogen) atoms. The molecule has 1 N–H and O–H groups in total. The summed E-state index contributed by atoms with van der Waals surface area (Å²) in [4.78, 5) is 0.142.